The largest absolute Gasteiger partial charge is 0.322 e. The molecule has 94 valence electrons. The van der Waals surface area contributed by atoms with Crippen molar-refractivity contribution in [3.8, 4) is 11.3 Å². The van der Waals surface area contributed by atoms with E-state index in [4.69, 9.17) is 5.73 Å². The van der Waals surface area contributed by atoms with Gasteiger partial charge in [-0.2, -0.15) is 0 Å². The van der Waals surface area contributed by atoms with Crippen LogP contribution in [-0.4, -0.2) is 9.97 Å². The highest BCUT2D eigenvalue weighted by atomic mass is 14.9. The average molecular weight is 241 g/mol. The van der Waals surface area contributed by atoms with Gasteiger partial charge in [0.2, 0.25) is 0 Å². The van der Waals surface area contributed by atoms with Gasteiger partial charge in [0.1, 0.15) is 5.82 Å². The molecule has 2 rings (SSSR count). The van der Waals surface area contributed by atoms with Gasteiger partial charge in [0.15, 0.2) is 0 Å². The lowest BCUT2D eigenvalue weighted by atomic mass is 10.1. The lowest BCUT2D eigenvalue weighted by molar-refractivity contribution is 0.741. The Morgan fingerprint density at radius 1 is 1.17 bits per heavy atom. The van der Waals surface area contributed by atoms with Crippen molar-refractivity contribution < 1.29 is 0 Å². The minimum Gasteiger partial charge on any atom is -0.322 e. The fourth-order valence-electron chi connectivity index (χ4n) is 1.88. The summed E-state index contributed by atoms with van der Waals surface area (Å²) >= 11 is 0. The standard InChI is InChI=1S/C15H19N3/c1-3-4-12-5-7-13(8-6-12)14-9-10-17-15(18-14)11(2)16/h5-11H,3-4,16H2,1-2H3. The van der Waals surface area contributed by atoms with Crippen LogP contribution >= 0.6 is 0 Å². The molecule has 3 heteroatoms. The summed E-state index contributed by atoms with van der Waals surface area (Å²) in [5, 5.41) is 0. The predicted molar refractivity (Wildman–Crippen MR) is 74.1 cm³/mol. The summed E-state index contributed by atoms with van der Waals surface area (Å²) in [7, 11) is 0. The Morgan fingerprint density at radius 3 is 2.50 bits per heavy atom. The van der Waals surface area contributed by atoms with Crippen LogP contribution in [0.25, 0.3) is 11.3 Å². The Kier molecular flexibility index (Phi) is 4.05. The Balaban J connectivity index is 2.28. The van der Waals surface area contributed by atoms with Gasteiger partial charge in [0.05, 0.1) is 11.7 Å². The van der Waals surface area contributed by atoms with Crippen molar-refractivity contribution in [2.45, 2.75) is 32.7 Å². The molecular weight excluding hydrogens is 222 g/mol. The zero-order chi connectivity index (χ0) is 13.0. The molecular formula is C15H19N3. The highest BCUT2D eigenvalue weighted by Gasteiger charge is 2.05. The molecule has 0 aliphatic carbocycles. The molecule has 0 radical (unpaired) electrons. The maximum atomic E-state index is 5.80. The van der Waals surface area contributed by atoms with Crippen molar-refractivity contribution in [2.24, 2.45) is 5.73 Å². The molecule has 0 fully saturated rings. The van der Waals surface area contributed by atoms with Crippen molar-refractivity contribution in [3.05, 3.63) is 47.9 Å². The lowest BCUT2D eigenvalue weighted by Gasteiger charge is -2.07. The third kappa shape index (κ3) is 2.93. The van der Waals surface area contributed by atoms with Gasteiger partial charge in [0, 0.05) is 11.8 Å². The summed E-state index contributed by atoms with van der Waals surface area (Å²) in [5.74, 6) is 0.685. The lowest BCUT2D eigenvalue weighted by Crippen LogP contribution is -2.09. The normalized spacial score (nSPS) is 12.4. The van der Waals surface area contributed by atoms with Crippen molar-refractivity contribution in [3.63, 3.8) is 0 Å². The number of aryl methyl sites for hydroxylation is 1. The molecule has 1 heterocycles. The van der Waals surface area contributed by atoms with Crippen LogP contribution in [0.4, 0.5) is 0 Å². The van der Waals surface area contributed by atoms with Crippen LogP contribution in [0, 0.1) is 0 Å². The van der Waals surface area contributed by atoms with Crippen molar-refractivity contribution in [1.29, 1.82) is 0 Å². The third-order valence-electron chi connectivity index (χ3n) is 2.87. The van der Waals surface area contributed by atoms with E-state index in [2.05, 4.69) is 41.2 Å². The van der Waals surface area contributed by atoms with Gasteiger partial charge in [-0.25, -0.2) is 9.97 Å². The van der Waals surface area contributed by atoms with E-state index in [9.17, 15) is 0 Å². The summed E-state index contributed by atoms with van der Waals surface area (Å²) in [6.45, 7) is 4.08. The molecule has 0 saturated carbocycles. The first-order valence-electron chi connectivity index (χ1n) is 6.38. The van der Waals surface area contributed by atoms with Crippen LogP contribution in [-0.2, 0) is 6.42 Å². The smallest absolute Gasteiger partial charge is 0.145 e. The fraction of sp³-hybridized carbons (Fsp3) is 0.333. The molecule has 2 N–H and O–H groups in total. The second-order valence-corrected chi connectivity index (χ2v) is 4.54. The van der Waals surface area contributed by atoms with E-state index in [1.165, 1.54) is 12.0 Å². The molecule has 1 aromatic heterocycles. The molecule has 1 atom stereocenters. The molecule has 0 amide bonds. The number of nitrogens with two attached hydrogens (primary N) is 1. The van der Waals surface area contributed by atoms with Gasteiger partial charge in [-0.1, -0.05) is 37.6 Å². The topological polar surface area (TPSA) is 51.8 Å². The van der Waals surface area contributed by atoms with Gasteiger partial charge in [-0.05, 0) is 25.0 Å². The van der Waals surface area contributed by atoms with Crippen LogP contribution in [0.2, 0.25) is 0 Å². The quantitative estimate of drug-likeness (QED) is 0.894. The second kappa shape index (κ2) is 5.74. The first-order valence-corrected chi connectivity index (χ1v) is 6.38. The van der Waals surface area contributed by atoms with E-state index in [0.717, 1.165) is 17.7 Å². The fourth-order valence-corrected chi connectivity index (χ4v) is 1.88. The molecule has 0 aliphatic rings. The van der Waals surface area contributed by atoms with Crippen LogP contribution in [0.15, 0.2) is 36.5 Å². The molecule has 0 aliphatic heterocycles. The van der Waals surface area contributed by atoms with E-state index < -0.39 is 0 Å². The molecule has 0 bridgehead atoms. The van der Waals surface area contributed by atoms with Crippen LogP contribution in [0.3, 0.4) is 0 Å². The van der Waals surface area contributed by atoms with Crippen LogP contribution in [0.5, 0.6) is 0 Å². The Morgan fingerprint density at radius 2 is 1.89 bits per heavy atom. The monoisotopic (exact) mass is 241 g/mol. The predicted octanol–water partition coefficient (Wildman–Crippen LogP) is 3.12. The van der Waals surface area contributed by atoms with Crippen molar-refractivity contribution in [2.75, 3.05) is 0 Å². The van der Waals surface area contributed by atoms with Gasteiger partial charge in [0.25, 0.3) is 0 Å². The van der Waals surface area contributed by atoms with Crippen LogP contribution in [0.1, 0.15) is 37.7 Å². The summed E-state index contributed by atoms with van der Waals surface area (Å²) in [5.41, 5.74) is 9.20. The van der Waals surface area contributed by atoms with E-state index in [0.29, 0.717) is 5.82 Å². The van der Waals surface area contributed by atoms with Gasteiger partial charge >= 0.3 is 0 Å². The maximum Gasteiger partial charge on any atom is 0.145 e. The highest BCUT2D eigenvalue weighted by molar-refractivity contribution is 5.59. The Hall–Kier alpha value is -1.74. The first-order chi connectivity index (χ1) is 8.70. The number of nitrogens with zero attached hydrogens (tertiary/aromatic N) is 2. The molecule has 1 aromatic carbocycles. The summed E-state index contributed by atoms with van der Waals surface area (Å²) < 4.78 is 0. The number of aromatic nitrogens is 2. The van der Waals surface area contributed by atoms with E-state index >= 15 is 0 Å². The summed E-state index contributed by atoms with van der Waals surface area (Å²) in [6, 6.07) is 10.3. The van der Waals surface area contributed by atoms with E-state index in [1.807, 2.05) is 13.0 Å². The summed E-state index contributed by atoms with van der Waals surface area (Å²) in [4.78, 5) is 8.66. The van der Waals surface area contributed by atoms with E-state index in [-0.39, 0.29) is 6.04 Å². The highest BCUT2D eigenvalue weighted by Crippen LogP contribution is 2.18. The molecule has 1 unspecified atom stereocenters. The SMILES string of the molecule is CCCc1ccc(-c2ccnc(C(C)N)n2)cc1. The molecule has 0 spiro atoms. The van der Waals surface area contributed by atoms with Gasteiger partial charge in [-0.15, -0.1) is 0 Å². The Bertz CT molecular complexity index is 503. The molecule has 2 aromatic rings. The zero-order valence-corrected chi connectivity index (χ0v) is 10.9. The van der Waals surface area contributed by atoms with Gasteiger partial charge in [-0.3, -0.25) is 0 Å². The minimum absolute atomic E-state index is 0.135. The van der Waals surface area contributed by atoms with E-state index in [1.54, 1.807) is 6.20 Å². The van der Waals surface area contributed by atoms with Gasteiger partial charge < -0.3 is 5.73 Å². The van der Waals surface area contributed by atoms with Crippen LogP contribution < -0.4 is 5.73 Å². The third-order valence-corrected chi connectivity index (χ3v) is 2.87. The number of benzene rings is 1. The number of hydrogen-bond donors (Lipinski definition) is 1. The summed E-state index contributed by atoms with van der Waals surface area (Å²) in [6.07, 6.45) is 4.05. The number of hydrogen-bond acceptors (Lipinski definition) is 3. The Labute approximate surface area is 108 Å². The molecule has 3 nitrogen and oxygen atoms in total. The minimum atomic E-state index is -0.135. The van der Waals surface area contributed by atoms with Crippen molar-refractivity contribution in [1.82, 2.24) is 9.97 Å². The number of rotatable bonds is 4. The maximum absolute atomic E-state index is 5.80. The molecule has 0 saturated heterocycles. The first kappa shape index (κ1) is 12.7. The molecule has 18 heavy (non-hydrogen) atoms. The average Bonchev–Trinajstić information content (AvgIpc) is 2.40. The van der Waals surface area contributed by atoms with Crippen molar-refractivity contribution >= 4 is 0 Å². The second-order valence-electron chi connectivity index (χ2n) is 4.54. The zero-order valence-electron chi connectivity index (χ0n) is 10.9.